The van der Waals surface area contributed by atoms with Gasteiger partial charge in [0.1, 0.15) is 11.5 Å². The summed E-state index contributed by atoms with van der Waals surface area (Å²) in [6.45, 7) is 1.21. The molecule has 0 atom stereocenters. The largest absolute Gasteiger partial charge is 0.497 e. The summed E-state index contributed by atoms with van der Waals surface area (Å²) in [4.78, 5) is 25.9. The lowest BCUT2D eigenvalue weighted by Gasteiger charge is -2.28. The fourth-order valence-electron chi connectivity index (χ4n) is 3.87. The maximum atomic E-state index is 12.2. The van der Waals surface area contributed by atoms with Gasteiger partial charge in [0.25, 0.3) is 5.91 Å². The van der Waals surface area contributed by atoms with Crippen molar-refractivity contribution in [3.05, 3.63) is 53.6 Å². The molecule has 2 aromatic rings. The molecular weight excluding hydrogens is 400 g/mol. The minimum absolute atomic E-state index is 0.0674. The third-order valence-corrected chi connectivity index (χ3v) is 5.54. The number of hydrogen-bond acceptors (Lipinski definition) is 6. The standard InChI is InChI=1S/C23H26N2O6/c1-25-20-7-6-17(12-16(20)13-22(25)27)23(30-10-11-31-23)8-9-24-21(26)15-29-19-5-3-4-18(14-19)28-2/h3-7,12,14H,8-11,13,15H2,1-2H3,(H,24,26). The molecule has 0 aromatic heterocycles. The van der Waals surface area contributed by atoms with E-state index in [1.807, 2.05) is 18.2 Å². The van der Waals surface area contributed by atoms with Gasteiger partial charge in [0.2, 0.25) is 5.91 Å². The second kappa shape index (κ2) is 8.95. The summed E-state index contributed by atoms with van der Waals surface area (Å²) >= 11 is 0. The number of carbonyl (C=O) groups excluding carboxylic acids is 2. The van der Waals surface area contributed by atoms with Gasteiger partial charge in [0.15, 0.2) is 12.4 Å². The van der Waals surface area contributed by atoms with Crippen molar-refractivity contribution in [1.82, 2.24) is 5.32 Å². The lowest BCUT2D eigenvalue weighted by molar-refractivity contribution is -0.170. The molecular formula is C23H26N2O6. The van der Waals surface area contributed by atoms with Crippen LogP contribution in [0.4, 0.5) is 5.69 Å². The van der Waals surface area contributed by atoms with E-state index in [4.69, 9.17) is 18.9 Å². The summed E-state index contributed by atoms with van der Waals surface area (Å²) in [7, 11) is 3.35. The highest BCUT2D eigenvalue weighted by Gasteiger charge is 2.39. The highest BCUT2D eigenvalue weighted by Crippen LogP contribution is 2.38. The summed E-state index contributed by atoms with van der Waals surface area (Å²) in [6.07, 6.45) is 0.814. The van der Waals surface area contributed by atoms with E-state index in [1.165, 1.54) is 0 Å². The highest BCUT2D eigenvalue weighted by molar-refractivity contribution is 6.00. The van der Waals surface area contributed by atoms with Crippen LogP contribution in [0.15, 0.2) is 42.5 Å². The fourth-order valence-corrected chi connectivity index (χ4v) is 3.87. The molecule has 0 spiro atoms. The SMILES string of the molecule is COc1cccc(OCC(=O)NCCC2(c3ccc4c(c3)CC(=O)N4C)OCCO2)c1. The van der Waals surface area contributed by atoms with E-state index in [0.717, 1.165) is 16.8 Å². The van der Waals surface area contributed by atoms with Crippen molar-refractivity contribution in [2.24, 2.45) is 0 Å². The Morgan fingerprint density at radius 2 is 1.94 bits per heavy atom. The van der Waals surface area contributed by atoms with Gasteiger partial charge < -0.3 is 29.2 Å². The van der Waals surface area contributed by atoms with E-state index < -0.39 is 5.79 Å². The van der Waals surface area contributed by atoms with Crippen molar-refractivity contribution in [1.29, 1.82) is 0 Å². The molecule has 1 N–H and O–H groups in total. The van der Waals surface area contributed by atoms with E-state index in [1.54, 1.807) is 43.3 Å². The van der Waals surface area contributed by atoms with Crippen LogP contribution in [0.1, 0.15) is 17.5 Å². The molecule has 2 aliphatic heterocycles. The molecule has 31 heavy (non-hydrogen) atoms. The van der Waals surface area contributed by atoms with Crippen molar-refractivity contribution >= 4 is 17.5 Å². The number of fused-ring (bicyclic) bond motifs is 1. The van der Waals surface area contributed by atoms with Crippen LogP contribution in [0.5, 0.6) is 11.5 Å². The predicted molar refractivity (Wildman–Crippen MR) is 113 cm³/mol. The van der Waals surface area contributed by atoms with Crippen LogP contribution in [-0.4, -0.2) is 52.3 Å². The van der Waals surface area contributed by atoms with Crippen LogP contribution >= 0.6 is 0 Å². The molecule has 0 radical (unpaired) electrons. The quantitative estimate of drug-likeness (QED) is 0.695. The second-order valence-electron chi connectivity index (χ2n) is 7.49. The smallest absolute Gasteiger partial charge is 0.257 e. The normalized spacial score (nSPS) is 16.8. The zero-order valence-corrected chi connectivity index (χ0v) is 17.7. The minimum Gasteiger partial charge on any atom is -0.497 e. The number of amides is 2. The molecule has 0 saturated carbocycles. The van der Waals surface area contributed by atoms with Crippen molar-refractivity contribution in [3.8, 4) is 11.5 Å². The van der Waals surface area contributed by atoms with Crippen LogP contribution in [0.3, 0.4) is 0 Å². The molecule has 4 rings (SSSR count). The van der Waals surface area contributed by atoms with Gasteiger partial charge in [-0.2, -0.15) is 0 Å². The molecule has 2 amide bonds. The van der Waals surface area contributed by atoms with Gasteiger partial charge in [-0.05, 0) is 29.8 Å². The first-order valence-corrected chi connectivity index (χ1v) is 10.2. The third-order valence-electron chi connectivity index (χ3n) is 5.54. The fraction of sp³-hybridized carbons (Fsp3) is 0.391. The average molecular weight is 426 g/mol. The van der Waals surface area contributed by atoms with E-state index in [2.05, 4.69) is 5.32 Å². The number of methoxy groups -OCH3 is 1. The maximum Gasteiger partial charge on any atom is 0.257 e. The first-order chi connectivity index (χ1) is 15.0. The number of benzene rings is 2. The third kappa shape index (κ3) is 4.50. The van der Waals surface area contributed by atoms with E-state index in [-0.39, 0.29) is 18.4 Å². The Kier molecular flexibility index (Phi) is 6.11. The van der Waals surface area contributed by atoms with E-state index in [9.17, 15) is 9.59 Å². The van der Waals surface area contributed by atoms with Gasteiger partial charge in [-0.3, -0.25) is 9.59 Å². The Morgan fingerprint density at radius 3 is 2.71 bits per heavy atom. The Bertz CT molecular complexity index is 970. The average Bonchev–Trinajstić information content (AvgIpc) is 3.37. The summed E-state index contributed by atoms with van der Waals surface area (Å²) in [5.41, 5.74) is 2.72. The van der Waals surface area contributed by atoms with Gasteiger partial charge in [-0.15, -0.1) is 0 Å². The number of anilines is 1. The van der Waals surface area contributed by atoms with Crippen molar-refractivity contribution in [2.45, 2.75) is 18.6 Å². The summed E-state index contributed by atoms with van der Waals surface area (Å²) in [5, 5.41) is 2.85. The highest BCUT2D eigenvalue weighted by atomic mass is 16.7. The van der Waals surface area contributed by atoms with Crippen LogP contribution < -0.4 is 19.7 Å². The Labute approximate surface area is 181 Å². The number of rotatable bonds is 8. The first-order valence-electron chi connectivity index (χ1n) is 10.2. The van der Waals surface area contributed by atoms with E-state index in [0.29, 0.717) is 44.1 Å². The number of carbonyl (C=O) groups is 2. The molecule has 2 aromatic carbocycles. The number of nitrogens with zero attached hydrogens (tertiary/aromatic N) is 1. The van der Waals surface area contributed by atoms with Crippen molar-refractivity contribution in [2.75, 3.05) is 45.4 Å². The van der Waals surface area contributed by atoms with Gasteiger partial charge in [-0.25, -0.2) is 0 Å². The molecule has 0 unspecified atom stereocenters. The molecule has 2 heterocycles. The molecule has 0 bridgehead atoms. The lowest BCUT2D eigenvalue weighted by atomic mass is 9.98. The summed E-state index contributed by atoms with van der Waals surface area (Å²) in [6, 6.07) is 12.9. The second-order valence-corrected chi connectivity index (χ2v) is 7.49. The van der Waals surface area contributed by atoms with Crippen molar-refractivity contribution < 1.29 is 28.5 Å². The summed E-state index contributed by atoms with van der Waals surface area (Å²) < 4.78 is 22.6. The number of likely N-dealkylation sites (N-methyl/N-ethyl adjacent to an activating group) is 1. The van der Waals surface area contributed by atoms with Crippen molar-refractivity contribution in [3.63, 3.8) is 0 Å². The minimum atomic E-state index is -0.930. The topological polar surface area (TPSA) is 86.3 Å². The number of hydrogen-bond donors (Lipinski definition) is 1. The first kappa shape index (κ1) is 21.1. The van der Waals surface area contributed by atoms with Gasteiger partial charge in [0, 0.05) is 37.3 Å². The molecule has 1 saturated heterocycles. The molecule has 1 fully saturated rings. The zero-order chi connectivity index (χ0) is 21.8. The molecule has 8 nitrogen and oxygen atoms in total. The maximum absolute atomic E-state index is 12.2. The lowest BCUT2D eigenvalue weighted by Crippen LogP contribution is -2.36. The monoisotopic (exact) mass is 426 g/mol. The van der Waals surface area contributed by atoms with Gasteiger partial charge in [-0.1, -0.05) is 12.1 Å². The van der Waals surface area contributed by atoms with Crippen LogP contribution in [0.2, 0.25) is 0 Å². The number of nitrogens with one attached hydrogen (secondary N) is 1. The van der Waals surface area contributed by atoms with Crippen LogP contribution in [0, 0.1) is 0 Å². The van der Waals surface area contributed by atoms with Crippen LogP contribution in [0.25, 0.3) is 0 Å². The molecule has 2 aliphatic rings. The molecule has 164 valence electrons. The molecule has 0 aliphatic carbocycles. The molecule has 8 heteroatoms. The predicted octanol–water partition coefficient (Wildman–Crippen LogP) is 2.00. The zero-order valence-electron chi connectivity index (χ0n) is 17.7. The Hall–Kier alpha value is -3.10. The van der Waals surface area contributed by atoms with E-state index >= 15 is 0 Å². The number of ether oxygens (including phenoxy) is 4. The Morgan fingerprint density at radius 1 is 1.16 bits per heavy atom. The summed E-state index contributed by atoms with van der Waals surface area (Å²) in [5.74, 6) is 0.124. The van der Waals surface area contributed by atoms with Gasteiger partial charge >= 0.3 is 0 Å². The van der Waals surface area contributed by atoms with Gasteiger partial charge in [0.05, 0.1) is 26.7 Å². The Balaban J connectivity index is 1.34. The van der Waals surface area contributed by atoms with Crippen LogP contribution in [-0.2, 0) is 31.3 Å².